The molecule has 0 unspecified atom stereocenters. The zero-order valence-corrected chi connectivity index (χ0v) is 17.9. The van der Waals surface area contributed by atoms with Crippen molar-refractivity contribution >= 4 is 51.1 Å². The van der Waals surface area contributed by atoms with Crippen LogP contribution in [0.1, 0.15) is 46.7 Å². The van der Waals surface area contributed by atoms with Crippen LogP contribution in [0.25, 0.3) is 11.6 Å². The van der Waals surface area contributed by atoms with E-state index in [1.165, 1.54) is 0 Å². The van der Waals surface area contributed by atoms with E-state index in [0.717, 1.165) is 4.47 Å². The summed E-state index contributed by atoms with van der Waals surface area (Å²) in [6.45, 7) is 5.66. The molecular weight excluding hydrogens is 440 g/mol. The number of fused-ring (bicyclic) bond motifs is 1. The van der Waals surface area contributed by atoms with Crippen LogP contribution in [-0.2, 0) is 25.5 Å². The number of rotatable bonds is 6. The average molecular weight is 461 g/mol. The first-order valence-corrected chi connectivity index (χ1v) is 10.0. The molecule has 29 heavy (non-hydrogen) atoms. The Balaban J connectivity index is 2.15. The monoisotopic (exact) mass is 460 g/mol. The van der Waals surface area contributed by atoms with Crippen LogP contribution >= 0.6 is 15.9 Å². The standard InChI is InChI=1S/C21H21BrN2O5/c1-4-28-18(25)10-13-11(3)23-19(21(27)29-5-2)15(13)9-16-14-8-12(22)6-7-17(14)24-20(16)26/h6-9,23H,4-5,10H2,1-3H3,(H,24,26)/b16-9+. The third-order valence-electron chi connectivity index (χ3n) is 4.52. The third-order valence-corrected chi connectivity index (χ3v) is 5.01. The van der Waals surface area contributed by atoms with Crippen molar-refractivity contribution < 1.29 is 23.9 Å². The summed E-state index contributed by atoms with van der Waals surface area (Å²) in [5.41, 5.74) is 3.67. The predicted molar refractivity (Wildman–Crippen MR) is 112 cm³/mol. The second-order valence-electron chi connectivity index (χ2n) is 6.42. The lowest BCUT2D eigenvalue weighted by atomic mass is 9.99. The maximum Gasteiger partial charge on any atom is 0.355 e. The molecule has 0 radical (unpaired) electrons. The molecule has 0 saturated heterocycles. The molecule has 1 amide bonds. The molecule has 1 aliphatic heterocycles. The molecule has 2 N–H and O–H groups in total. The second kappa shape index (κ2) is 8.65. The van der Waals surface area contributed by atoms with E-state index in [1.54, 1.807) is 32.9 Å². The van der Waals surface area contributed by atoms with Crippen LogP contribution in [0.2, 0.25) is 0 Å². The fourth-order valence-electron chi connectivity index (χ4n) is 3.24. The number of aromatic nitrogens is 1. The Hall–Kier alpha value is -2.87. The van der Waals surface area contributed by atoms with Gasteiger partial charge in [0.05, 0.1) is 19.6 Å². The molecule has 0 bridgehead atoms. The van der Waals surface area contributed by atoms with E-state index in [-0.39, 0.29) is 31.2 Å². The smallest absolute Gasteiger partial charge is 0.355 e. The van der Waals surface area contributed by atoms with Crippen molar-refractivity contribution in [2.24, 2.45) is 0 Å². The lowest BCUT2D eigenvalue weighted by Gasteiger charge is -2.06. The Morgan fingerprint density at radius 1 is 1.17 bits per heavy atom. The van der Waals surface area contributed by atoms with Crippen molar-refractivity contribution in [3.63, 3.8) is 0 Å². The lowest BCUT2D eigenvalue weighted by molar-refractivity contribution is -0.142. The summed E-state index contributed by atoms with van der Waals surface area (Å²) in [6.07, 6.45) is 1.60. The number of benzene rings is 1. The fourth-order valence-corrected chi connectivity index (χ4v) is 3.60. The highest BCUT2D eigenvalue weighted by Gasteiger charge is 2.28. The number of nitrogens with one attached hydrogen (secondary N) is 2. The fraction of sp³-hybridized carbons (Fsp3) is 0.286. The van der Waals surface area contributed by atoms with Crippen LogP contribution in [0.5, 0.6) is 0 Å². The van der Waals surface area contributed by atoms with E-state index in [9.17, 15) is 14.4 Å². The summed E-state index contributed by atoms with van der Waals surface area (Å²) >= 11 is 3.42. The Kier molecular flexibility index (Phi) is 6.22. The van der Waals surface area contributed by atoms with Gasteiger partial charge in [0.2, 0.25) is 0 Å². The van der Waals surface area contributed by atoms with Gasteiger partial charge in [-0.15, -0.1) is 0 Å². The average Bonchev–Trinajstić information content (AvgIpc) is 3.13. The Labute approximate surface area is 176 Å². The summed E-state index contributed by atoms with van der Waals surface area (Å²) < 4.78 is 11.0. The summed E-state index contributed by atoms with van der Waals surface area (Å²) in [5, 5.41) is 2.81. The van der Waals surface area contributed by atoms with Crippen LogP contribution in [0, 0.1) is 6.92 Å². The maximum absolute atomic E-state index is 12.6. The molecule has 3 rings (SSSR count). The minimum atomic E-state index is -0.551. The first kappa shape index (κ1) is 20.9. The predicted octanol–water partition coefficient (Wildman–Crippen LogP) is 3.86. The van der Waals surface area contributed by atoms with Crippen molar-refractivity contribution in [3.8, 4) is 0 Å². The molecule has 1 aromatic heterocycles. The molecule has 1 aromatic carbocycles. The summed E-state index contributed by atoms with van der Waals surface area (Å²) in [6, 6.07) is 5.46. The van der Waals surface area contributed by atoms with Crippen LogP contribution in [0.3, 0.4) is 0 Å². The molecule has 8 heteroatoms. The van der Waals surface area contributed by atoms with E-state index in [0.29, 0.717) is 33.6 Å². The van der Waals surface area contributed by atoms with Crippen molar-refractivity contribution in [1.29, 1.82) is 0 Å². The summed E-state index contributed by atoms with van der Waals surface area (Å²) in [5.74, 6) is -1.25. The van der Waals surface area contributed by atoms with Crippen molar-refractivity contribution in [2.45, 2.75) is 27.2 Å². The number of hydrogen-bond acceptors (Lipinski definition) is 5. The number of H-pyrrole nitrogens is 1. The van der Waals surface area contributed by atoms with Crippen molar-refractivity contribution in [3.05, 3.63) is 50.8 Å². The van der Waals surface area contributed by atoms with E-state index in [4.69, 9.17) is 9.47 Å². The highest BCUT2D eigenvalue weighted by molar-refractivity contribution is 9.10. The van der Waals surface area contributed by atoms with Gasteiger partial charge < -0.3 is 19.8 Å². The molecule has 0 saturated carbocycles. The molecule has 1 aliphatic rings. The molecule has 0 fully saturated rings. The lowest BCUT2D eigenvalue weighted by Crippen LogP contribution is -2.10. The van der Waals surface area contributed by atoms with Crippen LogP contribution < -0.4 is 5.32 Å². The number of amides is 1. The summed E-state index contributed by atoms with van der Waals surface area (Å²) in [7, 11) is 0. The maximum atomic E-state index is 12.6. The topological polar surface area (TPSA) is 97.5 Å². The van der Waals surface area contributed by atoms with Gasteiger partial charge in [0.25, 0.3) is 5.91 Å². The van der Waals surface area contributed by atoms with Gasteiger partial charge in [-0.1, -0.05) is 15.9 Å². The Morgan fingerprint density at radius 3 is 2.59 bits per heavy atom. The van der Waals surface area contributed by atoms with Gasteiger partial charge in [-0.3, -0.25) is 9.59 Å². The third kappa shape index (κ3) is 4.27. The highest BCUT2D eigenvalue weighted by Crippen LogP contribution is 2.36. The van der Waals surface area contributed by atoms with Crippen molar-refractivity contribution in [2.75, 3.05) is 18.5 Å². The number of carbonyl (C=O) groups is 3. The largest absolute Gasteiger partial charge is 0.466 e. The van der Waals surface area contributed by atoms with Crippen LogP contribution in [0.15, 0.2) is 22.7 Å². The number of anilines is 1. The molecule has 0 atom stereocenters. The molecule has 0 aliphatic carbocycles. The number of hydrogen-bond donors (Lipinski definition) is 2. The van der Waals surface area contributed by atoms with Gasteiger partial charge in [0.15, 0.2) is 0 Å². The number of esters is 2. The minimum Gasteiger partial charge on any atom is -0.466 e. The number of ether oxygens (including phenoxy) is 2. The van der Waals surface area contributed by atoms with E-state index in [1.807, 2.05) is 12.1 Å². The van der Waals surface area contributed by atoms with E-state index >= 15 is 0 Å². The molecule has 2 heterocycles. The highest BCUT2D eigenvalue weighted by atomic mass is 79.9. The van der Waals surface area contributed by atoms with Crippen LogP contribution in [-0.4, -0.2) is 36.0 Å². The normalized spacial score (nSPS) is 13.9. The number of aryl methyl sites for hydroxylation is 1. The second-order valence-corrected chi connectivity index (χ2v) is 7.34. The quantitative estimate of drug-likeness (QED) is 0.503. The molecule has 7 nitrogen and oxygen atoms in total. The number of halogens is 1. The van der Waals surface area contributed by atoms with Gasteiger partial charge in [0, 0.05) is 32.6 Å². The Bertz CT molecular complexity index is 1020. The van der Waals surface area contributed by atoms with Gasteiger partial charge in [-0.2, -0.15) is 0 Å². The number of aromatic amines is 1. The zero-order valence-electron chi connectivity index (χ0n) is 16.3. The van der Waals surface area contributed by atoms with Gasteiger partial charge in [-0.25, -0.2) is 4.79 Å². The SMILES string of the molecule is CCOC(=O)Cc1c(C)[nH]c(C(=O)OCC)c1/C=C1/C(=O)Nc2ccc(Br)cc21. The first-order chi connectivity index (χ1) is 13.8. The van der Waals surface area contributed by atoms with Gasteiger partial charge in [0.1, 0.15) is 5.69 Å². The van der Waals surface area contributed by atoms with E-state index in [2.05, 4.69) is 26.2 Å². The number of carbonyl (C=O) groups excluding carboxylic acids is 3. The van der Waals surface area contributed by atoms with Gasteiger partial charge >= 0.3 is 11.9 Å². The molecule has 152 valence electrons. The van der Waals surface area contributed by atoms with Gasteiger partial charge in [-0.05, 0) is 50.6 Å². The molecule has 2 aromatic rings. The van der Waals surface area contributed by atoms with E-state index < -0.39 is 11.9 Å². The molecular formula is C21H21BrN2O5. The van der Waals surface area contributed by atoms with Crippen LogP contribution in [0.4, 0.5) is 5.69 Å². The minimum absolute atomic E-state index is 0.0261. The Morgan fingerprint density at radius 2 is 1.90 bits per heavy atom. The van der Waals surface area contributed by atoms with Crippen molar-refractivity contribution in [1.82, 2.24) is 4.98 Å². The first-order valence-electron chi connectivity index (χ1n) is 9.22. The zero-order chi connectivity index (χ0) is 21.1. The molecule has 0 spiro atoms. The summed E-state index contributed by atoms with van der Waals surface area (Å²) in [4.78, 5) is 40.2.